The average Bonchev–Trinajstić information content (AvgIpc) is 2.75. The fourth-order valence-corrected chi connectivity index (χ4v) is 16.4. The lowest BCUT2D eigenvalue weighted by Gasteiger charge is -2.39. The Morgan fingerprint density at radius 3 is 1.96 bits per heavy atom. The van der Waals surface area contributed by atoms with Crippen molar-refractivity contribution in [2.24, 2.45) is 5.92 Å². The van der Waals surface area contributed by atoms with E-state index < -0.39 is 61.9 Å². The maximum Gasteiger partial charge on any atom is 0.378 e. The van der Waals surface area contributed by atoms with Crippen LogP contribution in [-0.4, -0.2) is 78.7 Å². The summed E-state index contributed by atoms with van der Waals surface area (Å²) in [6, 6.07) is 0.685. The first-order valence-electron chi connectivity index (χ1n) is 9.62. The smallest absolute Gasteiger partial charge is 0.378 e. The third kappa shape index (κ3) is 8.14. The van der Waals surface area contributed by atoms with Gasteiger partial charge in [-0.2, -0.15) is 0 Å². The lowest BCUT2D eigenvalue weighted by molar-refractivity contribution is -0.152. The molecular formula is C17H36O8Si3. The summed E-state index contributed by atoms with van der Waals surface area (Å²) in [5.74, 6) is -1.86. The highest BCUT2D eigenvalue weighted by Gasteiger charge is 2.48. The van der Waals surface area contributed by atoms with Gasteiger partial charge in [0.1, 0.15) is 6.10 Å². The Balaban J connectivity index is 2.79. The number of hydrogen-bond acceptors (Lipinski definition) is 8. The highest BCUT2D eigenvalue weighted by Crippen LogP contribution is 2.28. The molecule has 0 aromatic rings. The van der Waals surface area contributed by atoms with Crippen LogP contribution in [0, 0.1) is 5.92 Å². The van der Waals surface area contributed by atoms with Crippen molar-refractivity contribution in [3.8, 4) is 0 Å². The van der Waals surface area contributed by atoms with Gasteiger partial charge in [0, 0.05) is 0 Å². The molecule has 0 aromatic carbocycles. The Bertz CT molecular complexity index is 542. The van der Waals surface area contributed by atoms with Crippen LogP contribution in [0.3, 0.4) is 0 Å². The molecule has 0 radical (unpaired) electrons. The topological polar surface area (TPSA) is 112 Å². The van der Waals surface area contributed by atoms with Gasteiger partial charge in [-0.3, -0.25) is 4.79 Å². The van der Waals surface area contributed by atoms with Crippen LogP contribution >= 0.6 is 0 Å². The largest absolute Gasteiger partial charge is 0.450 e. The van der Waals surface area contributed by atoms with E-state index in [-0.39, 0.29) is 12.5 Å². The zero-order chi connectivity index (χ0) is 21.9. The number of rotatable bonds is 11. The van der Waals surface area contributed by atoms with E-state index in [1.165, 1.54) is 0 Å². The van der Waals surface area contributed by atoms with E-state index >= 15 is 0 Å². The van der Waals surface area contributed by atoms with E-state index in [0.717, 1.165) is 0 Å². The average molecular weight is 453 g/mol. The van der Waals surface area contributed by atoms with Gasteiger partial charge in [0.05, 0.1) is 13.2 Å². The molecule has 0 amide bonds. The second kappa shape index (κ2) is 9.60. The monoisotopic (exact) mass is 452 g/mol. The van der Waals surface area contributed by atoms with E-state index in [1.807, 2.05) is 6.92 Å². The second-order valence-electron chi connectivity index (χ2n) is 9.61. The molecule has 1 saturated heterocycles. The lowest BCUT2D eigenvalue weighted by Crippen LogP contribution is -2.53. The minimum absolute atomic E-state index is 0.0137. The van der Waals surface area contributed by atoms with Crippen LogP contribution in [0.5, 0.6) is 0 Å². The Morgan fingerprint density at radius 2 is 1.54 bits per heavy atom. The minimum atomic E-state index is -2.47. The van der Waals surface area contributed by atoms with E-state index in [4.69, 9.17) is 22.8 Å². The van der Waals surface area contributed by atoms with Crippen molar-refractivity contribution in [3.05, 3.63) is 0 Å². The van der Waals surface area contributed by atoms with Crippen molar-refractivity contribution >= 4 is 36.9 Å². The summed E-state index contributed by atoms with van der Waals surface area (Å²) in [7, 11) is -6.11. The molecule has 2 N–H and O–H groups in total. The molecule has 4 atom stereocenters. The summed E-state index contributed by atoms with van der Waals surface area (Å²) in [4.78, 5) is 23.5. The Morgan fingerprint density at radius 1 is 1.04 bits per heavy atom. The highest BCUT2D eigenvalue weighted by atomic mass is 28.5. The van der Waals surface area contributed by atoms with Crippen molar-refractivity contribution in [2.45, 2.75) is 77.1 Å². The molecule has 1 fully saturated rings. The fraction of sp³-hybridized carbons (Fsp3) is 0.882. The zero-order valence-corrected chi connectivity index (χ0v) is 21.3. The number of hydrogen-bond donors (Lipinski definition) is 2. The number of carbonyl (C=O) groups excluding carboxylic acids is 2. The summed E-state index contributed by atoms with van der Waals surface area (Å²) < 4.78 is 23.5. The summed E-state index contributed by atoms with van der Waals surface area (Å²) >= 11 is 0. The number of Topliss-reactive ketones (excluding diaryl/α,β-unsaturated/α-hetero) is 1. The van der Waals surface area contributed by atoms with Crippen molar-refractivity contribution < 1.29 is 37.5 Å². The molecule has 0 aliphatic carbocycles. The van der Waals surface area contributed by atoms with Crippen LogP contribution in [-0.2, 0) is 27.3 Å². The van der Waals surface area contributed by atoms with E-state index in [0.29, 0.717) is 6.04 Å². The Kier molecular flexibility index (Phi) is 8.79. The van der Waals surface area contributed by atoms with Crippen LogP contribution in [0.4, 0.5) is 0 Å². The molecule has 164 valence electrons. The number of cyclic esters (lactones) is 1. The fourth-order valence-electron chi connectivity index (χ4n) is 3.42. The third-order valence-corrected chi connectivity index (χ3v) is 13.7. The number of ether oxygens (including phenoxy) is 2. The Labute approximate surface area is 171 Å². The van der Waals surface area contributed by atoms with Gasteiger partial charge in [-0.05, 0) is 57.8 Å². The van der Waals surface area contributed by atoms with Crippen molar-refractivity contribution in [1.29, 1.82) is 0 Å². The summed E-state index contributed by atoms with van der Waals surface area (Å²) in [5.41, 5.74) is 0. The first kappa shape index (κ1) is 25.6. The molecule has 0 bridgehead atoms. The summed E-state index contributed by atoms with van der Waals surface area (Å²) in [5, 5.41) is 18.9. The van der Waals surface area contributed by atoms with Crippen LogP contribution < -0.4 is 0 Å². The number of aliphatic hydroxyl groups excluding tert-OH is 2. The highest BCUT2D eigenvalue weighted by molar-refractivity contribution is 6.87. The van der Waals surface area contributed by atoms with E-state index in [1.54, 1.807) is 0 Å². The Hall–Kier alpha value is -0.409. The first-order valence-corrected chi connectivity index (χ1v) is 19.0. The molecule has 1 rings (SSSR count). The maximum absolute atomic E-state index is 12.0. The molecular weight excluding hydrogens is 416 g/mol. The number of esters is 1. The lowest BCUT2D eigenvalue weighted by atomic mass is 10.1. The van der Waals surface area contributed by atoms with E-state index in [9.17, 15) is 14.7 Å². The van der Waals surface area contributed by atoms with E-state index in [2.05, 4.69) is 45.8 Å². The van der Waals surface area contributed by atoms with Gasteiger partial charge in [0.15, 0.2) is 28.8 Å². The maximum atomic E-state index is 12.0. The molecule has 1 aliphatic heterocycles. The summed E-state index contributed by atoms with van der Waals surface area (Å²) in [6.07, 6.45) is -3.75. The van der Waals surface area contributed by atoms with Crippen LogP contribution in [0.25, 0.3) is 0 Å². The molecule has 1 heterocycles. The molecule has 8 nitrogen and oxygen atoms in total. The molecule has 11 heteroatoms. The quantitative estimate of drug-likeness (QED) is 0.276. The minimum Gasteiger partial charge on any atom is -0.450 e. The van der Waals surface area contributed by atoms with Crippen molar-refractivity contribution in [3.63, 3.8) is 0 Å². The summed E-state index contributed by atoms with van der Waals surface area (Å²) in [6.45, 7) is 16.4. The SMILES string of the molecule is CC(COC1C(=O)C(=O)OC1C(O)CO)C[Si](C)(O[Si](C)(C)C)O[Si](C)(C)C. The van der Waals surface area contributed by atoms with Crippen LogP contribution in [0.2, 0.25) is 51.9 Å². The predicted octanol–water partition coefficient (Wildman–Crippen LogP) is 1.63. The number of carbonyl (C=O) groups is 2. The molecule has 28 heavy (non-hydrogen) atoms. The van der Waals surface area contributed by atoms with Gasteiger partial charge in [-0.15, -0.1) is 0 Å². The van der Waals surface area contributed by atoms with Gasteiger partial charge in [0.2, 0.25) is 0 Å². The first-order chi connectivity index (χ1) is 12.6. The molecule has 1 aliphatic rings. The number of aliphatic hydroxyl groups is 2. The van der Waals surface area contributed by atoms with Gasteiger partial charge < -0.3 is 27.9 Å². The molecule has 4 unspecified atom stereocenters. The van der Waals surface area contributed by atoms with Crippen LogP contribution in [0.15, 0.2) is 0 Å². The van der Waals surface area contributed by atoms with Crippen molar-refractivity contribution in [2.75, 3.05) is 13.2 Å². The standard InChI is InChI=1S/C17H36O8Si3/c1-12(11-28(8,24-26(2,3)4)25-27(5,6)7)10-22-16-14(20)17(21)23-15(16)13(19)9-18/h12-13,15-16,18-19H,9-11H2,1-8H3. The number of ketones is 1. The van der Waals surface area contributed by atoms with Gasteiger partial charge in [-0.1, -0.05) is 6.92 Å². The second-order valence-corrected chi connectivity index (χ2v) is 22.4. The van der Waals surface area contributed by atoms with Crippen molar-refractivity contribution in [1.82, 2.24) is 0 Å². The van der Waals surface area contributed by atoms with Crippen LogP contribution in [0.1, 0.15) is 6.92 Å². The molecule has 0 aromatic heterocycles. The molecule has 0 spiro atoms. The zero-order valence-electron chi connectivity index (χ0n) is 18.3. The molecule has 0 saturated carbocycles. The van der Waals surface area contributed by atoms with Gasteiger partial charge >= 0.3 is 14.5 Å². The van der Waals surface area contributed by atoms with Gasteiger partial charge in [0.25, 0.3) is 5.78 Å². The third-order valence-electron chi connectivity index (χ3n) is 3.89. The predicted molar refractivity (Wildman–Crippen MR) is 112 cm³/mol. The van der Waals surface area contributed by atoms with Gasteiger partial charge in [-0.25, -0.2) is 4.79 Å². The normalized spacial score (nSPS) is 23.6.